The molecule has 1 aliphatic rings. The van der Waals surface area contributed by atoms with Crippen molar-refractivity contribution in [3.8, 4) is 0 Å². The fourth-order valence-corrected chi connectivity index (χ4v) is 4.13. The molecule has 3 heterocycles. The number of ether oxygens (including phenoxy) is 1. The highest BCUT2D eigenvalue weighted by Gasteiger charge is 2.12. The van der Waals surface area contributed by atoms with E-state index in [1.54, 1.807) is 0 Å². The van der Waals surface area contributed by atoms with Crippen LogP contribution < -0.4 is 15.5 Å². The number of morpholine rings is 1. The van der Waals surface area contributed by atoms with Crippen LogP contribution >= 0.6 is 11.3 Å². The van der Waals surface area contributed by atoms with Crippen molar-refractivity contribution in [3.05, 3.63) is 42.5 Å². The van der Waals surface area contributed by atoms with E-state index in [-0.39, 0.29) is 6.03 Å². The van der Waals surface area contributed by atoms with Crippen LogP contribution in [0.25, 0.3) is 10.3 Å². The van der Waals surface area contributed by atoms with Crippen LogP contribution in [0.2, 0.25) is 0 Å². The number of fused-ring (bicyclic) bond motifs is 1. The van der Waals surface area contributed by atoms with Gasteiger partial charge in [0.1, 0.15) is 16.2 Å². The van der Waals surface area contributed by atoms with Gasteiger partial charge in [0.15, 0.2) is 5.13 Å². The van der Waals surface area contributed by atoms with Crippen molar-refractivity contribution in [1.82, 2.24) is 20.2 Å². The summed E-state index contributed by atoms with van der Waals surface area (Å²) in [5, 5.41) is 6.26. The Balaban J connectivity index is 1.30. The molecule has 9 heteroatoms. The third kappa shape index (κ3) is 5.24. The zero-order valence-corrected chi connectivity index (χ0v) is 17.8. The molecule has 4 rings (SSSR count). The summed E-state index contributed by atoms with van der Waals surface area (Å²) < 4.78 is 5.34. The number of amides is 2. The van der Waals surface area contributed by atoms with Gasteiger partial charge in [0.25, 0.3) is 0 Å². The number of nitrogens with one attached hydrogen (secondary N) is 2. The van der Waals surface area contributed by atoms with Gasteiger partial charge in [-0.3, -0.25) is 10.2 Å². The lowest BCUT2D eigenvalue weighted by molar-refractivity contribution is 0.0375. The minimum absolute atomic E-state index is 0.238. The van der Waals surface area contributed by atoms with Crippen LogP contribution in [0.3, 0.4) is 0 Å². The molecule has 30 heavy (non-hydrogen) atoms. The molecule has 1 aromatic carbocycles. The molecule has 8 nitrogen and oxygen atoms in total. The van der Waals surface area contributed by atoms with Gasteiger partial charge in [-0.2, -0.15) is 0 Å². The maximum Gasteiger partial charge on any atom is 0.321 e. The Labute approximate surface area is 179 Å². The molecule has 0 atom stereocenters. The predicted molar refractivity (Wildman–Crippen MR) is 121 cm³/mol. The smallest absolute Gasteiger partial charge is 0.321 e. The standard InChI is InChI=1S/C21H26N6O2S/c1-26(16-6-3-2-4-7-16)18-9-8-17-19(24-18)30-21(23-17)25-20(28)22-10-5-11-27-12-14-29-15-13-27/h2-4,6-9H,5,10-15H2,1H3,(H2,22,23,25,28). The molecule has 0 spiro atoms. The van der Waals surface area contributed by atoms with Crippen molar-refractivity contribution in [1.29, 1.82) is 0 Å². The average molecular weight is 427 g/mol. The molecule has 0 aliphatic carbocycles. The summed E-state index contributed by atoms with van der Waals surface area (Å²) in [5.74, 6) is 0.830. The summed E-state index contributed by atoms with van der Waals surface area (Å²) in [5.41, 5.74) is 1.83. The van der Waals surface area contributed by atoms with E-state index in [0.29, 0.717) is 11.7 Å². The molecule has 1 fully saturated rings. The van der Waals surface area contributed by atoms with Crippen LogP contribution in [0.5, 0.6) is 0 Å². The van der Waals surface area contributed by atoms with Crippen molar-refractivity contribution in [2.75, 3.05) is 56.7 Å². The lowest BCUT2D eigenvalue weighted by Gasteiger charge is -2.26. The highest BCUT2D eigenvalue weighted by molar-refractivity contribution is 7.22. The molecule has 0 radical (unpaired) electrons. The molecule has 1 aliphatic heterocycles. The van der Waals surface area contributed by atoms with Gasteiger partial charge in [-0.05, 0) is 37.2 Å². The van der Waals surface area contributed by atoms with E-state index in [0.717, 1.165) is 61.1 Å². The van der Waals surface area contributed by atoms with Crippen molar-refractivity contribution in [2.45, 2.75) is 6.42 Å². The Morgan fingerprint density at radius 2 is 1.97 bits per heavy atom. The van der Waals surface area contributed by atoms with Crippen molar-refractivity contribution in [2.24, 2.45) is 0 Å². The molecular weight excluding hydrogens is 400 g/mol. The Kier molecular flexibility index (Phi) is 6.73. The Morgan fingerprint density at radius 1 is 1.17 bits per heavy atom. The Morgan fingerprint density at radius 3 is 2.77 bits per heavy atom. The third-order valence-corrected chi connectivity index (χ3v) is 5.87. The SMILES string of the molecule is CN(c1ccccc1)c1ccc2nc(NC(=O)NCCCN3CCOCC3)sc2n1. The molecule has 2 amide bonds. The van der Waals surface area contributed by atoms with E-state index in [1.807, 2.05) is 54.4 Å². The van der Waals surface area contributed by atoms with Crippen molar-refractivity contribution in [3.63, 3.8) is 0 Å². The first kappa shape index (κ1) is 20.5. The number of thiazole rings is 1. The van der Waals surface area contributed by atoms with Gasteiger partial charge < -0.3 is 15.0 Å². The fraction of sp³-hybridized carbons (Fsp3) is 0.381. The predicted octanol–water partition coefficient (Wildman–Crippen LogP) is 3.30. The third-order valence-electron chi connectivity index (χ3n) is 4.99. The Hall–Kier alpha value is -2.75. The maximum absolute atomic E-state index is 12.2. The van der Waals surface area contributed by atoms with Gasteiger partial charge in [-0.25, -0.2) is 14.8 Å². The summed E-state index contributed by atoms with van der Waals surface area (Å²) in [7, 11) is 1.98. The second-order valence-electron chi connectivity index (χ2n) is 7.10. The van der Waals surface area contributed by atoms with Crippen molar-refractivity contribution < 1.29 is 9.53 Å². The van der Waals surface area contributed by atoms with E-state index in [2.05, 4.69) is 20.5 Å². The van der Waals surface area contributed by atoms with E-state index in [1.165, 1.54) is 11.3 Å². The van der Waals surface area contributed by atoms with E-state index >= 15 is 0 Å². The molecule has 0 bridgehead atoms. The minimum atomic E-state index is -0.238. The normalized spacial score (nSPS) is 14.6. The first-order chi connectivity index (χ1) is 14.7. The number of carbonyl (C=O) groups is 1. The number of hydrogen-bond donors (Lipinski definition) is 2. The number of carbonyl (C=O) groups excluding carboxylic acids is 1. The number of nitrogens with zero attached hydrogens (tertiary/aromatic N) is 4. The van der Waals surface area contributed by atoms with Gasteiger partial charge in [0.05, 0.1) is 13.2 Å². The molecule has 3 aromatic rings. The van der Waals surface area contributed by atoms with Crippen LogP contribution in [0.15, 0.2) is 42.5 Å². The molecule has 1 saturated heterocycles. The number of para-hydroxylation sites is 1. The number of hydrogen-bond acceptors (Lipinski definition) is 7. The number of pyridine rings is 1. The highest BCUT2D eigenvalue weighted by atomic mass is 32.1. The largest absolute Gasteiger partial charge is 0.379 e. The van der Waals surface area contributed by atoms with E-state index in [9.17, 15) is 4.79 Å². The molecule has 2 N–H and O–H groups in total. The monoisotopic (exact) mass is 426 g/mol. The zero-order chi connectivity index (χ0) is 20.8. The first-order valence-corrected chi connectivity index (χ1v) is 10.9. The molecule has 158 valence electrons. The van der Waals surface area contributed by atoms with E-state index in [4.69, 9.17) is 9.72 Å². The van der Waals surface area contributed by atoms with Gasteiger partial charge in [0.2, 0.25) is 0 Å². The first-order valence-electron chi connectivity index (χ1n) is 10.1. The number of anilines is 3. The van der Waals surface area contributed by atoms with Gasteiger partial charge in [-0.1, -0.05) is 29.5 Å². The lowest BCUT2D eigenvalue weighted by Crippen LogP contribution is -2.38. The maximum atomic E-state index is 12.2. The quantitative estimate of drug-likeness (QED) is 0.564. The molecule has 0 saturated carbocycles. The van der Waals surface area contributed by atoms with Crippen LogP contribution in [-0.2, 0) is 4.74 Å². The average Bonchev–Trinajstić information content (AvgIpc) is 3.19. The summed E-state index contributed by atoms with van der Waals surface area (Å²) >= 11 is 1.37. The lowest BCUT2D eigenvalue weighted by atomic mass is 10.3. The fourth-order valence-electron chi connectivity index (χ4n) is 3.30. The summed E-state index contributed by atoms with van der Waals surface area (Å²) in [6.07, 6.45) is 0.907. The summed E-state index contributed by atoms with van der Waals surface area (Å²) in [6.45, 7) is 5.11. The van der Waals surface area contributed by atoms with Crippen molar-refractivity contribution >= 4 is 44.4 Å². The minimum Gasteiger partial charge on any atom is -0.379 e. The Bertz CT molecular complexity index is 974. The zero-order valence-electron chi connectivity index (χ0n) is 17.0. The molecule has 0 unspecified atom stereocenters. The van der Waals surface area contributed by atoms with Crippen LogP contribution in [0.1, 0.15) is 6.42 Å². The molecule has 2 aromatic heterocycles. The van der Waals surface area contributed by atoms with Gasteiger partial charge >= 0.3 is 6.03 Å². The number of aromatic nitrogens is 2. The topological polar surface area (TPSA) is 82.6 Å². The van der Waals surface area contributed by atoms with Gasteiger partial charge in [-0.15, -0.1) is 0 Å². The van der Waals surface area contributed by atoms with E-state index < -0.39 is 0 Å². The second-order valence-corrected chi connectivity index (χ2v) is 8.07. The highest BCUT2D eigenvalue weighted by Crippen LogP contribution is 2.28. The molecular formula is C21H26N6O2S. The second kappa shape index (κ2) is 9.84. The van der Waals surface area contributed by atoms with Crippen LogP contribution in [0.4, 0.5) is 21.4 Å². The van der Waals surface area contributed by atoms with Crippen LogP contribution in [0, 0.1) is 0 Å². The number of benzene rings is 1. The number of urea groups is 1. The summed E-state index contributed by atoms with van der Waals surface area (Å²) in [4.78, 5) is 26.5. The summed E-state index contributed by atoms with van der Waals surface area (Å²) in [6, 6.07) is 13.7. The van der Waals surface area contributed by atoms with Crippen LogP contribution in [-0.4, -0.2) is 67.3 Å². The van der Waals surface area contributed by atoms with Gasteiger partial charge in [0, 0.05) is 32.4 Å². The number of rotatable bonds is 7.